The Labute approximate surface area is 120 Å². The number of benzene rings is 1. The second-order valence-electron chi connectivity index (χ2n) is 5.74. The fourth-order valence-corrected chi connectivity index (χ4v) is 3.22. The van der Waals surface area contributed by atoms with Gasteiger partial charge in [0.25, 0.3) is 0 Å². The first-order chi connectivity index (χ1) is 9.35. The molecule has 0 N–H and O–H groups in total. The van der Waals surface area contributed by atoms with Crippen LogP contribution in [0.5, 0.6) is 0 Å². The Balaban J connectivity index is 1.59. The average Bonchev–Trinajstić information content (AvgIpc) is 3.17. The first kappa shape index (κ1) is 13.5. The summed E-state index contributed by atoms with van der Waals surface area (Å²) in [5.74, 6) is 0.756. The van der Waals surface area contributed by atoms with Crippen molar-refractivity contribution >= 4 is 11.8 Å². The maximum Gasteiger partial charge on any atom is 0.0507 e. The van der Waals surface area contributed by atoms with Crippen molar-refractivity contribution in [2.45, 2.75) is 36.7 Å². The molecule has 0 aromatic heterocycles. The van der Waals surface area contributed by atoms with Crippen LogP contribution < -0.4 is 0 Å². The Morgan fingerprint density at radius 3 is 2.58 bits per heavy atom. The zero-order valence-electron chi connectivity index (χ0n) is 11.7. The Bertz CT molecular complexity index is 396. The van der Waals surface area contributed by atoms with E-state index in [1.54, 1.807) is 0 Å². The highest BCUT2D eigenvalue weighted by Crippen LogP contribution is 2.30. The molecule has 1 unspecified atom stereocenters. The van der Waals surface area contributed by atoms with Gasteiger partial charge in [0.2, 0.25) is 0 Å². The van der Waals surface area contributed by atoms with Gasteiger partial charge in [-0.25, -0.2) is 0 Å². The van der Waals surface area contributed by atoms with Gasteiger partial charge < -0.3 is 4.74 Å². The lowest BCUT2D eigenvalue weighted by molar-refractivity contribution is 0.161. The molecule has 2 aliphatic rings. The molecule has 1 aliphatic carbocycles. The van der Waals surface area contributed by atoms with E-state index < -0.39 is 0 Å². The van der Waals surface area contributed by atoms with Crippen LogP contribution in [0.15, 0.2) is 29.2 Å². The number of ether oxygens (including phenoxy) is 1. The summed E-state index contributed by atoms with van der Waals surface area (Å²) in [6.45, 7) is 4.25. The monoisotopic (exact) mass is 277 g/mol. The van der Waals surface area contributed by atoms with Crippen LogP contribution in [-0.4, -0.2) is 37.0 Å². The van der Waals surface area contributed by atoms with Gasteiger partial charge in [0.05, 0.1) is 6.61 Å². The summed E-state index contributed by atoms with van der Waals surface area (Å²) >= 11 is 1.81. The maximum atomic E-state index is 5.51. The molecule has 0 bridgehead atoms. The molecule has 1 aromatic rings. The standard InChI is InChI=1S/C16H23NOS/c1-19-16-6-2-13(3-7-16)10-17(15-4-5-15)11-14-8-9-18-12-14/h2-3,6-7,14-15H,4-5,8-12H2,1H3. The van der Waals surface area contributed by atoms with Gasteiger partial charge in [-0.05, 0) is 49.1 Å². The summed E-state index contributed by atoms with van der Waals surface area (Å²) in [6.07, 6.45) is 6.15. The molecule has 3 rings (SSSR count). The molecule has 0 amide bonds. The lowest BCUT2D eigenvalue weighted by atomic mass is 10.1. The minimum Gasteiger partial charge on any atom is -0.381 e. The summed E-state index contributed by atoms with van der Waals surface area (Å²) in [6, 6.07) is 9.88. The summed E-state index contributed by atoms with van der Waals surface area (Å²) in [5, 5.41) is 0. The van der Waals surface area contributed by atoms with E-state index in [0.29, 0.717) is 0 Å². The third-order valence-corrected chi connectivity index (χ3v) is 4.87. The van der Waals surface area contributed by atoms with Gasteiger partial charge in [0.1, 0.15) is 0 Å². The van der Waals surface area contributed by atoms with Gasteiger partial charge >= 0.3 is 0 Å². The highest BCUT2D eigenvalue weighted by atomic mass is 32.2. The fraction of sp³-hybridized carbons (Fsp3) is 0.625. The Hall–Kier alpha value is -0.510. The van der Waals surface area contributed by atoms with Crippen LogP contribution >= 0.6 is 11.8 Å². The van der Waals surface area contributed by atoms with Crippen molar-refractivity contribution in [2.24, 2.45) is 5.92 Å². The minimum atomic E-state index is 0.756. The van der Waals surface area contributed by atoms with Crippen LogP contribution in [0.1, 0.15) is 24.8 Å². The quantitative estimate of drug-likeness (QED) is 0.739. The van der Waals surface area contributed by atoms with E-state index in [0.717, 1.165) is 31.7 Å². The second kappa shape index (κ2) is 6.29. The van der Waals surface area contributed by atoms with Gasteiger partial charge in [-0.2, -0.15) is 0 Å². The van der Waals surface area contributed by atoms with Crippen molar-refractivity contribution < 1.29 is 4.74 Å². The Morgan fingerprint density at radius 1 is 1.21 bits per heavy atom. The molecular weight excluding hydrogens is 254 g/mol. The van der Waals surface area contributed by atoms with E-state index in [4.69, 9.17) is 4.74 Å². The summed E-state index contributed by atoms with van der Waals surface area (Å²) < 4.78 is 5.51. The van der Waals surface area contributed by atoms with Crippen molar-refractivity contribution in [1.82, 2.24) is 4.90 Å². The predicted octanol–water partition coefficient (Wildman–Crippen LogP) is 3.41. The summed E-state index contributed by atoms with van der Waals surface area (Å²) in [4.78, 5) is 4.03. The van der Waals surface area contributed by atoms with Crippen LogP contribution in [0, 0.1) is 5.92 Å². The highest BCUT2D eigenvalue weighted by molar-refractivity contribution is 7.98. The average molecular weight is 277 g/mol. The second-order valence-corrected chi connectivity index (χ2v) is 6.62. The molecule has 104 valence electrons. The summed E-state index contributed by atoms with van der Waals surface area (Å²) in [7, 11) is 0. The number of rotatable bonds is 6. The largest absolute Gasteiger partial charge is 0.381 e. The van der Waals surface area contributed by atoms with Gasteiger partial charge in [-0.3, -0.25) is 4.90 Å². The minimum absolute atomic E-state index is 0.756. The molecule has 2 nitrogen and oxygen atoms in total. The molecule has 0 radical (unpaired) electrons. The molecule has 1 aliphatic heterocycles. The van der Waals surface area contributed by atoms with Crippen LogP contribution in [0.2, 0.25) is 0 Å². The zero-order valence-corrected chi connectivity index (χ0v) is 12.5. The Morgan fingerprint density at radius 2 is 2.00 bits per heavy atom. The topological polar surface area (TPSA) is 12.5 Å². The molecular formula is C16H23NOS. The van der Waals surface area contributed by atoms with E-state index in [1.165, 1.54) is 36.3 Å². The maximum absolute atomic E-state index is 5.51. The molecule has 2 fully saturated rings. The van der Waals surface area contributed by atoms with Crippen molar-refractivity contribution in [3.63, 3.8) is 0 Å². The molecule has 1 saturated carbocycles. The van der Waals surface area contributed by atoms with Gasteiger partial charge in [-0.1, -0.05) is 12.1 Å². The molecule has 1 saturated heterocycles. The van der Waals surface area contributed by atoms with E-state index in [-0.39, 0.29) is 0 Å². The first-order valence-electron chi connectivity index (χ1n) is 7.30. The molecule has 1 atom stereocenters. The van der Waals surface area contributed by atoms with E-state index >= 15 is 0 Å². The summed E-state index contributed by atoms with van der Waals surface area (Å²) in [5.41, 5.74) is 1.45. The van der Waals surface area contributed by atoms with Crippen LogP contribution in [0.3, 0.4) is 0 Å². The molecule has 3 heteroatoms. The first-order valence-corrected chi connectivity index (χ1v) is 8.52. The van der Waals surface area contributed by atoms with E-state index in [9.17, 15) is 0 Å². The fourth-order valence-electron chi connectivity index (χ4n) is 2.81. The number of thioether (sulfide) groups is 1. The van der Waals surface area contributed by atoms with Crippen molar-refractivity contribution in [3.8, 4) is 0 Å². The van der Waals surface area contributed by atoms with Crippen molar-refractivity contribution in [2.75, 3.05) is 26.0 Å². The third kappa shape index (κ3) is 3.74. The molecule has 1 heterocycles. The lowest BCUT2D eigenvalue weighted by Crippen LogP contribution is -2.31. The number of hydrogen-bond acceptors (Lipinski definition) is 3. The molecule has 1 aromatic carbocycles. The van der Waals surface area contributed by atoms with Crippen LogP contribution in [-0.2, 0) is 11.3 Å². The smallest absolute Gasteiger partial charge is 0.0507 e. The van der Waals surface area contributed by atoms with E-state index in [1.807, 2.05) is 11.8 Å². The highest BCUT2D eigenvalue weighted by Gasteiger charge is 2.31. The lowest BCUT2D eigenvalue weighted by Gasteiger charge is -2.25. The third-order valence-electron chi connectivity index (χ3n) is 4.12. The van der Waals surface area contributed by atoms with Crippen molar-refractivity contribution in [3.05, 3.63) is 29.8 Å². The Kier molecular flexibility index (Phi) is 4.46. The number of hydrogen-bond donors (Lipinski definition) is 0. The van der Waals surface area contributed by atoms with Crippen LogP contribution in [0.25, 0.3) is 0 Å². The predicted molar refractivity (Wildman–Crippen MR) is 80.6 cm³/mol. The van der Waals surface area contributed by atoms with Gasteiger partial charge in [0.15, 0.2) is 0 Å². The van der Waals surface area contributed by atoms with Crippen LogP contribution in [0.4, 0.5) is 0 Å². The normalized spacial score (nSPS) is 23.2. The van der Waals surface area contributed by atoms with E-state index in [2.05, 4.69) is 35.4 Å². The molecule has 19 heavy (non-hydrogen) atoms. The molecule has 0 spiro atoms. The SMILES string of the molecule is CSc1ccc(CN(CC2CCOC2)C2CC2)cc1. The van der Waals surface area contributed by atoms with Gasteiger partial charge in [-0.15, -0.1) is 11.8 Å². The zero-order chi connectivity index (χ0) is 13.1. The van der Waals surface area contributed by atoms with Gasteiger partial charge in [0, 0.05) is 30.6 Å². The number of nitrogens with zero attached hydrogens (tertiary/aromatic N) is 1. The van der Waals surface area contributed by atoms with Crippen molar-refractivity contribution in [1.29, 1.82) is 0 Å².